The molecule has 1 aliphatic carbocycles. The maximum atomic E-state index is 5.91. The second-order valence-electron chi connectivity index (χ2n) is 4.60. The van der Waals surface area contributed by atoms with E-state index in [9.17, 15) is 0 Å². The van der Waals surface area contributed by atoms with E-state index in [1.807, 2.05) is 0 Å². The van der Waals surface area contributed by atoms with Crippen LogP contribution in [0.1, 0.15) is 19.8 Å². The molecule has 2 aromatic rings. The van der Waals surface area contributed by atoms with Gasteiger partial charge < -0.3 is 5.32 Å². The highest BCUT2D eigenvalue weighted by Crippen LogP contribution is 2.44. The molecule has 5 nitrogen and oxygen atoms in total. The molecule has 0 saturated heterocycles. The number of fused-ring (bicyclic) bond motifs is 1. The summed E-state index contributed by atoms with van der Waals surface area (Å²) in [7, 11) is 0. The first-order chi connectivity index (χ1) is 7.66. The monoisotopic (exact) mass is 237 g/mol. The molecule has 1 fully saturated rings. The minimum atomic E-state index is 0.433. The van der Waals surface area contributed by atoms with Crippen molar-refractivity contribution in [2.24, 2.45) is 5.41 Å². The molecule has 1 aliphatic rings. The van der Waals surface area contributed by atoms with Crippen LogP contribution in [0.2, 0.25) is 5.15 Å². The summed E-state index contributed by atoms with van der Waals surface area (Å²) in [6, 6.07) is 1.77. The maximum Gasteiger partial charge on any atom is 0.255 e. The van der Waals surface area contributed by atoms with E-state index < -0.39 is 0 Å². The van der Waals surface area contributed by atoms with Crippen molar-refractivity contribution in [3.05, 3.63) is 17.5 Å². The van der Waals surface area contributed by atoms with Gasteiger partial charge in [0.1, 0.15) is 17.3 Å². The summed E-state index contributed by atoms with van der Waals surface area (Å²) in [6.07, 6.45) is 4.03. The quantitative estimate of drug-likeness (QED) is 0.830. The zero-order valence-electron chi connectivity index (χ0n) is 8.94. The third-order valence-electron chi connectivity index (χ3n) is 3.02. The molecule has 3 rings (SSSR count). The molecule has 0 atom stereocenters. The van der Waals surface area contributed by atoms with Gasteiger partial charge in [-0.1, -0.05) is 18.5 Å². The van der Waals surface area contributed by atoms with Gasteiger partial charge in [-0.05, 0) is 18.3 Å². The van der Waals surface area contributed by atoms with E-state index >= 15 is 0 Å². The van der Waals surface area contributed by atoms with E-state index in [1.165, 1.54) is 19.2 Å². The molecule has 0 spiro atoms. The Morgan fingerprint density at radius 2 is 2.38 bits per heavy atom. The van der Waals surface area contributed by atoms with E-state index in [0.717, 1.165) is 12.4 Å². The predicted octanol–water partition coefficient (Wildman–Crippen LogP) is 1.99. The fourth-order valence-electron chi connectivity index (χ4n) is 1.60. The molecule has 6 heteroatoms. The minimum Gasteiger partial charge on any atom is -0.369 e. The molecule has 1 N–H and O–H groups in total. The average molecular weight is 238 g/mol. The lowest BCUT2D eigenvalue weighted by molar-refractivity contribution is 0.607. The van der Waals surface area contributed by atoms with Gasteiger partial charge in [-0.25, -0.2) is 0 Å². The first-order valence-electron chi connectivity index (χ1n) is 5.26. The van der Waals surface area contributed by atoms with Gasteiger partial charge in [0, 0.05) is 12.6 Å². The third kappa shape index (κ3) is 1.71. The number of halogens is 1. The summed E-state index contributed by atoms with van der Waals surface area (Å²) in [5.41, 5.74) is 0.433. The van der Waals surface area contributed by atoms with Crippen LogP contribution in [-0.2, 0) is 0 Å². The van der Waals surface area contributed by atoms with Gasteiger partial charge in [0.25, 0.3) is 5.78 Å². The van der Waals surface area contributed by atoms with Gasteiger partial charge in [-0.2, -0.15) is 19.6 Å². The van der Waals surface area contributed by atoms with Crippen molar-refractivity contribution in [2.75, 3.05) is 11.9 Å². The highest BCUT2D eigenvalue weighted by Gasteiger charge is 2.36. The molecule has 1 saturated carbocycles. The normalized spacial score (nSPS) is 17.6. The number of anilines is 1. The van der Waals surface area contributed by atoms with Gasteiger partial charge in [-0.15, -0.1) is 0 Å². The maximum absolute atomic E-state index is 5.91. The molecule has 0 bridgehead atoms. The van der Waals surface area contributed by atoms with E-state index in [2.05, 4.69) is 27.3 Å². The minimum absolute atomic E-state index is 0.433. The molecule has 0 aromatic carbocycles. The van der Waals surface area contributed by atoms with Crippen LogP contribution in [0.15, 0.2) is 12.4 Å². The second-order valence-corrected chi connectivity index (χ2v) is 4.99. The van der Waals surface area contributed by atoms with Gasteiger partial charge >= 0.3 is 0 Å². The first-order valence-corrected chi connectivity index (χ1v) is 5.64. The van der Waals surface area contributed by atoms with Crippen LogP contribution < -0.4 is 5.32 Å². The second kappa shape index (κ2) is 3.31. The molecule has 0 aliphatic heterocycles. The summed E-state index contributed by atoms with van der Waals surface area (Å²) in [5.74, 6) is 1.37. The molecule has 16 heavy (non-hydrogen) atoms. The van der Waals surface area contributed by atoms with E-state index in [1.54, 1.807) is 10.6 Å². The summed E-state index contributed by atoms with van der Waals surface area (Å²) >= 11 is 5.91. The first kappa shape index (κ1) is 9.84. The van der Waals surface area contributed by atoms with E-state index in [-0.39, 0.29) is 0 Å². The van der Waals surface area contributed by atoms with Crippen molar-refractivity contribution < 1.29 is 0 Å². The Morgan fingerprint density at radius 3 is 3.12 bits per heavy atom. The van der Waals surface area contributed by atoms with Crippen molar-refractivity contribution in [3.8, 4) is 0 Å². The average Bonchev–Trinajstić information content (AvgIpc) is 2.79. The van der Waals surface area contributed by atoms with E-state index in [0.29, 0.717) is 16.3 Å². The molecule has 0 amide bonds. The van der Waals surface area contributed by atoms with Crippen molar-refractivity contribution in [2.45, 2.75) is 19.8 Å². The zero-order chi connectivity index (χ0) is 11.2. The van der Waals surface area contributed by atoms with Crippen molar-refractivity contribution in [3.63, 3.8) is 0 Å². The smallest absolute Gasteiger partial charge is 0.255 e. The predicted molar refractivity (Wildman–Crippen MR) is 61.6 cm³/mol. The molecule has 0 radical (unpaired) electrons. The van der Waals surface area contributed by atoms with Crippen molar-refractivity contribution in [1.29, 1.82) is 0 Å². The largest absolute Gasteiger partial charge is 0.369 e. The highest BCUT2D eigenvalue weighted by atomic mass is 35.5. The Morgan fingerprint density at radius 1 is 1.56 bits per heavy atom. The summed E-state index contributed by atoms with van der Waals surface area (Å²) in [5, 5.41) is 7.89. The van der Waals surface area contributed by atoms with Crippen LogP contribution in [0, 0.1) is 5.41 Å². The summed E-state index contributed by atoms with van der Waals surface area (Å²) in [4.78, 5) is 8.09. The molecule has 2 heterocycles. The van der Waals surface area contributed by atoms with Crippen LogP contribution in [-0.4, -0.2) is 26.1 Å². The Kier molecular flexibility index (Phi) is 2.04. The van der Waals surface area contributed by atoms with Gasteiger partial charge in [-0.3, -0.25) is 0 Å². The zero-order valence-corrected chi connectivity index (χ0v) is 9.70. The Labute approximate surface area is 97.8 Å². The number of rotatable bonds is 3. The summed E-state index contributed by atoms with van der Waals surface area (Å²) < 4.78 is 1.66. The van der Waals surface area contributed by atoms with Crippen LogP contribution >= 0.6 is 11.6 Å². The third-order valence-corrected chi connectivity index (χ3v) is 3.21. The number of hydrogen-bond acceptors (Lipinski definition) is 4. The number of nitrogens with one attached hydrogen (secondary N) is 1. The lowest BCUT2D eigenvalue weighted by Gasteiger charge is -2.11. The Hall–Kier alpha value is -1.36. The van der Waals surface area contributed by atoms with Gasteiger partial charge in [0.2, 0.25) is 0 Å². The molecule has 2 aromatic heterocycles. The van der Waals surface area contributed by atoms with Gasteiger partial charge in [0.15, 0.2) is 0 Å². The van der Waals surface area contributed by atoms with Crippen LogP contribution in [0.3, 0.4) is 0 Å². The fraction of sp³-hybridized carbons (Fsp3) is 0.500. The van der Waals surface area contributed by atoms with Crippen LogP contribution in [0.25, 0.3) is 5.78 Å². The number of aromatic nitrogens is 4. The molecule has 0 unspecified atom stereocenters. The van der Waals surface area contributed by atoms with Crippen LogP contribution in [0.4, 0.5) is 5.82 Å². The highest BCUT2D eigenvalue weighted by molar-refractivity contribution is 6.29. The SMILES string of the molecule is CC1(CNc2cc(Cl)nc3ncnn23)CC1. The molecular formula is C10H12ClN5. The summed E-state index contributed by atoms with van der Waals surface area (Å²) in [6.45, 7) is 3.20. The van der Waals surface area contributed by atoms with Crippen molar-refractivity contribution in [1.82, 2.24) is 19.6 Å². The standard InChI is InChI=1S/C10H12ClN5/c1-10(2-3-10)5-12-8-4-7(11)15-9-13-6-14-16(8)9/h4,6,12H,2-3,5H2,1H3. The van der Waals surface area contributed by atoms with Gasteiger partial charge in [0.05, 0.1) is 0 Å². The lowest BCUT2D eigenvalue weighted by atomic mass is 10.1. The molecule has 84 valence electrons. The van der Waals surface area contributed by atoms with E-state index in [4.69, 9.17) is 11.6 Å². The Bertz CT molecular complexity index is 531. The molecular weight excluding hydrogens is 226 g/mol. The van der Waals surface area contributed by atoms with Crippen molar-refractivity contribution >= 4 is 23.2 Å². The fourth-order valence-corrected chi connectivity index (χ4v) is 1.78. The van der Waals surface area contributed by atoms with Crippen LogP contribution in [0.5, 0.6) is 0 Å². The number of hydrogen-bond donors (Lipinski definition) is 1. The lowest BCUT2D eigenvalue weighted by Crippen LogP contribution is -2.14. The topological polar surface area (TPSA) is 55.1 Å². The Balaban J connectivity index is 1.92. The number of nitrogens with zero attached hydrogens (tertiary/aromatic N) is 4.